The lowest BCUT2D eigenvalue weighted by Gasteiger charge is -2.07. The predicted molar refractivity (Wildman–Crippen MR) is 76.2 cm³/mol. The van der Waals surface area contributed by atoms with Crippen molar-refractivity contribution in [2.45, 2.75) is 10.6 Å². The quantitative estimate of drug-likeness (QED) is 0.744. The van der Waals surface area contributed by atoms with Crippen molar-refractivity contribution < 1.29 is 5.11 Å². The van der Waals surface area contributed by atoms with Gasteiger partial charge in [-0.05, 0) is 17.5 Å². The number of nitrogens with zero attached hydrogens (tertiary/aromatic N) is 3. The molecule has 1 heterocycles. The van der Waals surface area contributed by atoms with E-state index in [0.29, 0.717) is 5.75 Å². The monoisotopic (exact) mass is 271 g/mol. The first-order valence-electron chi connectivity index (χ1n) is 5.92. The summed E-state index contributed by atoms with van der Waals surface area (Å²) < 4.78 is 1.91. The van der Waals surface area contributed by atoms with Gasteiger partial charge in [-0.15, -0.1) is 22.0 Å². The third-order valence-corrected chi connectivity index (χ3v) is 4.09. The minimum atomic E-state index is 0.318. The summed E-state index contributed by atoms with van der Waals surface area (Å²) in [7, 11) is 1.94. The average Bonchev–Trinajstić information content (AvgIpc) is 2.84. The molecule has 1 aromatic heterocycles. The van der Waals surface area contributed by atoms with E-state index < -0.39 is 0 Å². The maximum absolute atomic E-state index is 9.86. The minimum Gasteiger partial charge on any atom is -0.507 e. The van der Waals surface area contributed by atoms with E-state index in [1.54, 1.807) is 24.2 Å². The van der Waals surface area contributed by atoms with Crippen molar-refractivity contribution in [3.8, 4) is 5.75 Å². The van der Waals surface area contributed by atoms with E-state index in [-0.39, 0.29) is 0 Å². The fourth-order valence-electron chi connectivity index (χ4n) is 1.96. The Labute approximate surface area is 115 Å². The van der Waals surface area contributed by atoms with E-state index in [0.717, 1.165) is 27.2 Å². The first-order valence-corrected chi connectivity index (χ1v) is 6.90. The van der Waals surface area contributed by atoms with Crippen LogP contribution in [-0.2, 0) is 12.8 Å². The number of rotatable bonds is 3. The Morgan fingerprint density at radius 1 is 1.16 bits per heavy atom. The van der Waals surface area contributed by atoms with Crippen molar-refractivity contribution in [2.75, 3.05) is 0 Å². The third kappa shape index (κ3) is 2.29. The van der Waals surface area contributed by atoms with Crippen LogP contribution in [0.3, 0.4) is 0 Å². The average molecular weight is 271 g/mol. The Kier molecular flexibility index (Phi) is 3.13. The molecule has 0 radical (unpaired) electrons. The number of benzene rings is 2. The largest absolute Gasteiger partial charge is 0.507 e. The van der Waals surface area contributed by atoms with Gasteiger partial charge in [-0.2, -0.15) is 0 Å². The lowest BCUT2D eigenvalue weighted by Crippen LogP contribution is -1.94. The first kappa shape index (κ1) is 12.0. The fraction of sp³-hybridized carbons (Fsp3) is 0.143. The predicted octanol–water partition coefficient (Wildman–Crippen LogP) is 2.97. The molecule has 0 saturated carbocycles. The van der Waals surface area contributed by atoms with Crippen LogP contribution in [0.1, 0.15) is 5.82 Å². The number of thioether (sulfide) groups is 1. The normalized spacial score (nSPS) is 11.0. The summed E-state index contributed by atoms with van der Waals surface area (Å²) in [6.07, 6.45) is 1.70. The molecule has 4 nitrogen and oxygen atoms in total. The molecule has 0 saturated heterocycles. The van der Waals surface area contributed by atoms with Crippen molar-refractivity contribution >= 4 is 22.5 Å². The third-order valence-electron chi connectivity index (χ3n) is 3.02. The lowest BCUT2D eigenvalue weighted by atomic mass is 10.1. The summed E-state index contributed by atoms with van der Waals surface area (Å²) >= 11 is 1.70. The smallest absolute Gasteiger partial charge is 0.142 e. The molecule has 5 heteroatoms. The van der Waals surface area contributed by atoms with Gasteiger partial charge in [0.2, 0.25) is 0 Å². The summed E-state index contributed by atoms with van der Waals surface area (Å²) in [5.41, 5.74) is 0. The van der Waals surface area contributed by atoms with E-state index in [2.05, 4.69) is 10.2 Å². The second-order valence-corrected chi connectivity index (χ2v) is 5.29. The highest BCUT2D eigenvalue weighted by molar-refractivity contribution is 7.98. The molecule has 0 atom stereocenters. The van der Waals surface area contributed by atoms with Crippen molar-refractivity contribution in [1.82, 2.24) is 14.8 Å². The molecule has 1 N–H and O–H groups in total. The standard InChI is InChI=1S/C14H13N3OS/c1-17-9-15-16-14(17)8-19-13-7-6-12(18)10-4-2-3-5-11(10)13/h2-7,9,18H,8H2,1H3. The van der Waals surface area contributed by atoms with Crippen LogP contribution < -0.4 is 0 Å². The van der Waals surface area contributed by atoms with E-state index in [1.807, 2.05) is 41.9 Å². The molecule has 3 aromatic rings. The van der Waals surface area contributed by atoms with Crippen molar-refractivity contribution in [1.29, 1.82) is 0 Å². The topological polar surface area (TPSA) is 50.9 Å². The second-order valence-electron chi connectivity index (χ2n) is 4.28. The number of aryl methyl sites for hydroxylation is 1. The van der Waals surface area contributed by atoms with Gasteiger partial charge in [0.1, 0.15) is 17.9 Å². The number of phenols is 1. The summed E-state index contributed by atoms with van der Waals surface area (Å²) in [5.74, 6) is 2.01. The van der Waals surface area contributed by atoms with Gasteiger partial charge in [0, 0.05) is 17.3 Å². The van der Waals surface area contributed by atoms with Gasteiger partial charge in [0.05, 0.1) is 5.75 Å². The van der Waals surface area contributed by atoms with Crippen LogP contribution in [0, 0.1) is 0 Å². The molecule has 0 bridgehead atoms. The van der Waals surface area contributed by atoms with Crippen molar-refractivity contribution in [3.05, 3.63) is 48.5 Å². The Morgan fingerprint density at radius 3 is 2.68 bits per heavy atom. The van der Waals surface area contributed by atoms with Crippen molar-refractivity contribution in [2.24, 2.45) is 7.05 Å². The number of hydrogen-bond acceptors (Lipinski definition) is 4. The van der Waals surface area contributed by atoms with Gasteiger partial charge < -0.3 is 9.67 Å². The Morgan fingerprint density at radius 2 is 1.95 bits per heavy atom. The van der Waals surface area contributed by atoms with Crippen LogP contribution in [0.2, 0.25) is 0 Å². The maximum Gasteiger partial charge on any atom is 0.142 e. The molecule has 0 spiro atoms. The summed E-state index contributed by atoms with van der Waals surface area (Å²) in [6.45, 7) is 0. The van der Waals surface area contributed by atoms with Gasteiger partial charge in [0.25, 0.3) is 0 Å². The minimum absolute atomic E-state index is 0.318. The van der Waals surface area contributed by atoms with Gasteiger partial charge in [-0.25, -0.2) is 0 Å². The van der Waals surface area contributed by atoms with E-state index >= 15 is 0 Å². The highest BCUT2D eigenvalue weighted by atomic mass is 32.2. The zero-order valence-electron chi connectivity index (χ0n) is 10.4. The maximum atomic E-state index is 9.86. The number of hydrogen-bond donors (Lipinski definition) is 1. The first-order chi connectivity index (χ1) is 9.25. The molecule has 0 amide bonds. The molecular formula is C14H13N3OS. The molecule has 0 aliphatic rings. The van der Waals surface area contributed by atoms with E-state index in [1.165, 1.54) is 0 Å². The number of fused-ring (bicyclic) bond motifs is 1. The van der Waals surface area contributed by atoms with Crippen LogP contribution in [0.25, 0.3) is 10.8 Å². The lowest BCUT2D eigenvalue weighted by molar-refractivity contribution is 0.481. The van der Waals surface area contributed by atoms with Crippen LogP contribution in [-0.4, -0.2) is 19.9 Å². The summed E-state index contributed by atoms with van der Waals surface area (Å²) in [6, 6.07) is 11.5. The summed E-state index contributed by atoms with van der Waals surface area (Å²) in [5, 5.41) is 19.7. The Balaban J connectivity index is 1.93. The molecule has 2 aromatic carbocycles. The SMILES string of the molecule is Cn1cnnc1CSc1ccc(O)c2ccccc12. The highest BCUT2D eigenvalue weighted by Crippen LogP contribution is 2.34. The fourth-order valence-corrected chi connectivity index (χ4v) is 3.01. The molecular weight excluding hydrogens is 258 g/mol. The highest BCUT2D eigenvalue weighted by Gasteiger charge is 2.07. The number of aromatic nitrogens is 3. The van der Waals surface area contributed by atoms with Crippen LogP contribution in [0.15, 0.2) is 47.6 Å². The van der Waals surface area contributed by atoms with Gasteiger partial charge in [0.15, 0.2) is 0 Å². The molecule has 19 heavy (non-hydrogen) atoms. The van der Waals surface area contributed by atoms with Crippen LogP contribution in [0.5, 0.6) is 5.75 Å². The zero-order valence-corrected chi connectivity index (χ0v) is 11.3. The van der Waals surface area contributed by atoms with Crippen LogP contribution >= 0.6 is 11.8 Å². The van der Waals surface area contributed by atoms with E-state index in [9.17, 15) is 5.11 Å². The van der Waals surface area contributed by atoms with Gasteiger partial charge >= 0.3 is 0 Å². The molecule has 96 valence electrons. The zero-order chi connectivity index (χ0) is 13.2. The second kappa shape index (κ2) is 4.93. The molecule has 0 unspecified atom stereocenters. The molecule has 0 fully saturated rings. The molecule has 3 rings (SSSR count). The van der Waals surface area contributed by atoms with Gasteiger partial charge in [-0.1, -0.05) is 24.3 Å². The van der Waals surface area contributed by atoms with Crippen LogP contribution in [0.4, 0.5) is 0 Å². The molecule has 0 aliphatic carbocycles. The Bertz CT molecular complexity index is 724. The van der Waals surface area contributed by atoms with Crippen molar-refractivity contribution in [3.63, 3.8) is 0 Å². The van der Waals surface area contributed by atoms with E-state index in [4.69, 9.17) is 0 Å². The van der Waals surface area contributed by atoms with Gasteiger partial charge in [-0.3, -0.25) is 0 Å². The molecule has 0 aliphatic heterocycles. The Hall–Kier alpha value is -2.01. The number of phenolic OH excluding ortho intramolecular Hbond substituents is 1. The summed E-state index contributed by atoms with van der Waals surface area (Å²) in [4.78, 5) is 1.14. The number of aromatic hydroxyl groups is 1.